The van der Waals surface area contributed by atoms with Gasteiger partial charge in [0.2, 0.25) is 5.91 Å². The molecule has 0 spiro atoms. The molecule has 1 amide bonds. The van der Waals surface area contributed by atoms with Crippen molar-refractivity contribution in [1.29, 1.82) is 0 Å². The summed E-state index contributed by atoms with van der Waals surface area (Å²) in [5.74, 6) is 0.637. The van der Waals surface area contributed by atoms with Crippen LogP contribution in [0.3, 0.4) is 0 Å². The van der Waals surface area contributed by atoms with Gasteiger partial charge in [-0.05, 0) is 26.8 Å². The maximum absolute atomic E-state index is 11.3. The van der Waals surface area contributed by atoms with E-state index >= 15 is 0 Å². The quantitative estimate of drug-likeness (QED) is 0.697. The van der Waals surface area contributed by atoms with E-state index in [2.05, 4.69) is 33.0 Å². The van der Waals surface area contributed by atoms with Gasteiger partial charge in [-0.15, -0.1) is 0 Å². The lowest BCUT2D eigenvalue weighted by molar-refractivity contribution is -0.122. The van der Waals surface area contributed by atoms with Crippen molar-refractivity contribution in [1.82, 2.24) is 10.2 Å². The van der Waals surface area contributed by atoms with Crippen LogP contribution in [0, 0.1) is 5.92 Å². The lowest BCUT2D eigenvalue weighted by atomic mass is 10.2. The van der Waals surface area contributed by atoms with Crippen molar-refractivity contribution >= 4 is 5.91 Å². The maximum Gasteiger partial charge on any atom is 0.234 e. The number of nitrogens with zero attached hydrogens (tertiary/aromatic N) is 1. The minimum absolute atomic E-state index is 0.116. The van der Waals surface area contributed by atoms with E-state index < -0.39 is 0 Å². The molecule has 0 radical (unpaired) electrons. The molecule has 78 valence electrons. The highest BCUT2D eigenvalue weighted by Gasteiger charge is 2.08. The van der Waals surface area contributed by atoms with Crippen molar-refractivity contribution < 1.29 is 4.79 Å². The van der Waals surface area contributed by atoms with E-state index in [0.717, 1.165) is 6.54 Å². The fourth-order valence-corrected chi connectivity index (χ4v) is 0.783. The molecule has 0 saturated carbocycles. The molecular formula is C10H22N2O. The van der Waals surface area contributed by atoms with Gasteiger partial charge >= 0.3 is 0 Å². The van der Waals surface area contributed by atoms with Crippen molar-refractivity contribution in [2.75, 3.05) is 20.1 Å². The van der Waals surface area contributed by atoms with Crippen molar-refractivity contribution in [2.45, 2.75) is 33.7 Å². The molecule has 0 aliphatic heterocycles. The first-order valence-corrected chi connectivity index (χ1v) is 4.90. The van der Waals surface area contributed by atoms with Crippen LogP contribution in [-0.2, 0) is 4.79 Å². The molecule has 3 nitrogen and oxygen atoms in total. The van der Waals surface area contributed by atoms with Crippen LogP contribution in [0.15, 0.2) is 0 Å². The molecule has 13 heavy (non-hydrogen) atoms. The first-order chi connectivity index (χ1) is 5.93. The van der Waals surface area contributed by atoms with E-state index in [1.54, 1.807) is 0 Å². The lowest BCUT2D eigenvalue weighted by Gasteiger charge is -2.20. The molecule has 0 fully saturated rings. The molecule has 0 atom stereocenters. The highest BCUT2D eigenvalue weighted by Crippen LogP contribution is 1.92. The molecular weight excluding hydrogens is 164 g/mol. The topological polar surface area (TPSA) is 32.3 Å². The van der Waals surface area contributed by atoms with Crippen LogP contribution >= 0.6 is 0 Å². The van der Waals surface area contributed by atoms with Gasteiger partial charge in [0.15, 0.2) is 0 Å². The number of carbonyl (C=O) groups is 1. The molecule has 0 aromatic carbocycles. The molecule has 0 aromatic heterocycles. The van der Waals surface area contributed by atoms with E-state index in [1.807, 2.05) is 11.9 Å². The van der Waals surface area contributed by atoms with Gasteiger partial charge in [0.05, 0.1) is 6.54 Å². The van der Waals surface area contributed by atoms with Crippen LogP contribution in [-0.4, -0.2) is 37.0 Å². The number of rotatable bonds is 5. The van der Waals surface area contributed by atoms with Gasteiger partial charge in [-0.2, -0.15) is 0 Å². The van der Waals surface area contributed by atoms with Gasteiger partial charge in [-0.1, -0.05) is 13.8 Å². The Bertz CT molecular complexity index is 155. The van der Waals surface area contributed by atoms with Gasteiger partial charge in [-0.3, -0.25) is 9.69 Å². The van der Waals surface area contributed by atoms with Gasteiger partial charge in [0.25, 0.3) is 0 Å². The number of hydrogen-bond acceptors (Lipinski definition) is 2. The molecule has 0 aromatic rings. The Balaban J connectivity index is 3.62. The molecule has 0 unspecified atom stereocenters. The third kappa shape index (κ3) is 6.58. The largest absolute Gasteiger partial charge is 0.355 e. The second-order valence-electron chi connectivity index (χ2n) is 4.21. The number of amides is 1. The van der Waals surface area contributed by atoms with E-state index in [0.29, 0.717) is 18.5 Å². The Morgan fingerprint density at radius 3 is 2.23 bits per heavy atom. The Morgan fingerprint density at radius 1 is 1.31 bits per heavy atom. The summed E-state index contributed by atoms with van der Waals surface area (Å²) in [6.45, 7) is 9.60. The fraction of sp³-hybridized carbons (Fsp3) is 0.900. The minimum atomic E-state index is 0.116. The molecule has 0 bridgehead atoms. The van der Waals surface area contributed by atoms with E-state index in [9.17, 15) is 4.79 Å². The number of carbonyl (C=O) groups excluding carboxylic acids is 1. The normalized spacial score (nSPS) is 11.4. The van der Waals surface area contributed by atoms with E-state index in [4.69, 9.17) is 0 Å². The van der Waals surface area contributed by atoms with Crippen molar-refractivity contribution in [3.63, 3.8) is 0 Å². The van der Waals surface area contributed by atoms with Crippen LogP contribution < -0.4 is 5.32 Å². The Hall–Kier alpha value is -0.570. The van der Waals surface area contributed by atoms with E-state index in [1.165, 1.54) is 0 Å². The highest BCUT2D eigenvalue weighted by molar-refractivity contribution is 5.77. The molecule has 0 rings (SSSR count). The van der Waals surface area contributed by atoms with Crippen LogP contribution in [0.25, 0.3) is 0 Å². The summed E-state index contributed by atoms with van der Waals surface area (Å²) in [6.07, 6.45) is 0. The zero-order valence-electron chi connectivity index (χ0n) is 9.42. The summed E-state index contributed by atoms with van der Waals surface area (Å²) >= 11 is 0. The predicted octanol–water partition coefficient (Wildman–Crippen LogP) is 1.10. The number of likely N-dealkylation sites (N-methyl/N-ethyl adjacent to an activating group) is 1. The second kappa shape index (κ2) is 5.97. The summed E-state index contributed by atoms with van der Waals surface area (Å²) in [5, 5.41) is 2.89. The van der Waals surface area contributed by atoms with E-state index in [-0.39, 0.29) is 5.91 Å². The Morgan fingerprint density at radius 2 is 1.85 bits per heavy atom. The second-order valence-corrected chi connectivity index (χ2v) is 4.21. The first-order valence-electron chi connectivity index (χ1n) is 4.90. The predicted molar refractivity (Wildman–Crippen MR) is 55.6 cm³/mol. The molecule has 3 heteroatoms. The monoisotopic (exact) mass is 186 g/mol. The van der Waals surface area contributed by atoms with Crippen LogP contribution in [0.1, 0.15) is 27.7 Å². The summed E-state index contributed by atoms with van der Waals surface area (Å²) in [7, 11) is 1.96. The zero-order chi connectivity index (χ0) is 10.4. The van der Waals surface area contributed by atoms with Gasteiger partial charge in [0, 0.05) is 12.6 Å². The molecule has 0 heterocycles. The molecule has 1 N–H and O–H groups in total. The maximum atomic E-state index is 11.3. The summed E-state index contributed by atoms with van der Waals surface area (Å²) in [5.41, 5.74) is 0. The zero-order valence-corrected chi connectivity index (χ0v) is 9.42. The van der Waals surface area contributed by atoms with Gasteiger partial charge < -0.3 is 5.32 Å². The van der Waals surface area contributed by atoms with Crippen molar-refractivity contribution in [2.24, 2.45) is 5.92 Å². The first kappa shape index (κ1) is 12.4. The summed E-state index contributed by atoms with van der Waals surface area (Å²) in [6, 6.07) is 0.421. The van der Waals surface area contributed by atoms with Gasteiger partial charge in [0.1, 0.15) is 0 Å². The number of hydrogen-bond donors (Lipinski definition) is 1. The van der Waals surface area contributed by atoms with Crippen LogP contribution in [0.5, 0.6) is 0 Å². The summed E-state index contributed by atoms with van der Waals surface area (Å²) < 4.78 is 0. The van der Waals surface area contributed by atoms with Crippen molar-refractivity contribution in [3.8, 4) is 0 Å². The standard InChI is InChI=1S/C10H22N2O/c1-8(2)6-11-10(13)7-12(5)9(3)4/h8-9H,6-7H2,1-5H3,(H,11,13). The number of nitrogens with one attached hydrogen (secondary N) is 1. The molecule has 0 saturated heterocycles. The third-order valence-electron chi connectivity index (χ3n) is 1.98. The highest BCUT2D eigenvalue weighted by atomic mass is 16.2. The Labute approximate surface area is 81.5 Å². The molecule has 0 aliphatic carbocycles. The average molecular weight is 186 g/mol. The van der Waals surface area contributed by atoms with Crippen LogP contribution in [0.4, 0.5) is 0 Å². The molecule has 0 aliphatic rings. The SMILES string of the molecule is CC(C)CNC(=O)CN(C)C(C)C. The minimum Gasteiger partial charge on any atom is -0.355 e. The van der Waals surface area contributed by atoms with Gasteiger partial charge in [-0.25, -0.2) is 0 Å². The Kier molecular flexibility index (Phi) is 5.71. The fourth-order valence-electron chi connectivity index (χ4n) is 0.783. The van der Waals surface area contributed by atoms with Crippen LogP contribution in [0.2, 0.25) is 0 Å². The third-order valence-corrected chi connectivity index (χ3v) is 1.98. The summed E-state index contributed by atoms with van der Waals surface area (Å²) in [4.78, 5) is 13.3. The smallest absolute Gasteiger partial charge is 0.234 e. The lowest BCUT2D eigenvalue weighted by Crippen LogP contribution is -2.39. The average Bonchev–Trinajstić information content (AvgIpc) is 2.00. The van der Waals surface area contributed by atoms with Crippen molar-refractivity contribution in [3.05, 3.63) is 0 Å².